The van der Waals surface area contributed by atoms with Crippen molar-refractivity contribution in [3.05, 3.63) is 29.7 Å². The average molecular weight is 370 g/mol. The molecule has 2 amide bonds. The Morgan fingerprint density at radius 3 is 2.93 bits per heavy atom. The highest BCUT2D eigenvalue weighted by molar-refractivity contribution is 5.97. The van der Waals surface area contributed by atoms with E-state index in [-0.39, 0.29) is 23.8 Å². The van der Waals surface area contributed by atoms with Crippen LogP contribution in [0.2, 0.25) is 0 Å². The number of hydrogen-bond acceptors (Lipinski definition) is 6. The van der Waals surface area contributed by atoms with E-state index in [2.05, 4.69) is 31.8 Å². The number of nitrogens with zero attached hydrogens (tertiary/aromatic N) is 7. The standard InChI is InChI=1S/C17H22N8O2/c1-11(2)5-6-24-13-4-3-12(16(24)26)8-23(9-13)17(27)14-7-18-20-15(14)25-10-19-21-22-25/h5,7,10,12-13H,3-4,6,8-9H2,1-2H3,(H,18,20)/t12-,13+/m0/s1. The second-order valence-electron chi connectivity index (χ2n) is 7.30. The van der Waals surface area contributed by atoms with Gasteiger partial charge in [-0.3, -0.25) is 14.7 Å². The largest absolute Gasteiger partial charge is 0.336 e. The smallest absolute Gasteiger partial charge is 0.259 e. The fourth-order valence-corrected chi connectivity index (χ4v) is 3.77. The molecule has 2 aromatic heterocycles. The van der Waals surface area contributed by atoms with Crippen LogP contribution < -0.4 is 0 Å². The molecule has 10 heteroatoms. The Bertz CT molecular complexity index is 867. The zero-order valence-electron chi connectivity index (χ0n) is 15.4. The monoisotopic (exact) mass is 370 g/mol. The van der Waals surface area contributed by atoms with Crippen molar-refractivity contribution in [2.45, 2.75) is 32.7 Å². The normalized spacial score (nSPS) is 22.1. The third kappa shape index (κ3) is 3.22. The van der Waals surface area contributed by atoms with Gasteiger partial charge in [-0.2, -0.15) is 9.78 Å². The van der Waals surface area contributed by atoms with Crippen LogP contribution in [-0.4, -0.2) is 77.7 Å². The lowest BCUT2D eigenvalue weighted by Crippen LogP contribution is -2.48. The van der Waals surface area contributed by atoms with Crippen LogP contribution >= 0.6 is 0 Å². The van der Waals surface area contributed by atoms with E-state index in [0.29, 0.717) is 31.0 Å². The zero-order chi connectivity index (χ0) is 19.0. The number of piperidine rings is 1. The molecule has 2 bridgehead atoms. The molecule has 5 rings (SSSR count). The van der Waals surface area contributed by atoms with Gasteiger partial charge in [-0.25, -0.2) is 0 Å². The van der Waals surface area contributed by atoms with E-state index in [0.717, 1.165) is 12.8 Å². The topological polar surface area (TPSA) is 113 Å². The quantitative estimate of drug-likeness (QED) is 0.780. The van der Waals surface area contributed by atoms with Gasteiger partial charge < -0.3 is 9.80 Å². The summed E-state index contributed by atoms with van der Waals surface area (Å²) in [4.78, 5) is 29.7. The van der Waals surface area contributed by atoms with Gasteiger partial charge in [0.25, 0.3) is 5.91 Å². The Morgan fingerprint density at radius 2 is 2.19 bits per heavy atom. The average Bonchev–Trinajstić information content (AvgIpc) is 3.26. The zero-order valence-corrected chi connectivity index (χ0v) is 15.4. The second kappa shape index (κ2) is 6.93. The lowest BCUT2D eigenvalue weighted by molar-refractivity contribution is -0.139. The van der Waals surface area contributed by atoms with Crippen LogP contribution in [0.25, 0.3) is 5.82 Å². The number of carbonyl (C=O) groups excluding carboxylic acids is 2. The number of aromatic amines is 1. The molecule has 0 aromatic carbocycles. The van der Waals surface area contributed by atoms with Gasteiger partial charge in [-0.1, -0.05) is 11.6 Å². The van der Waals surface area contributed by atoms with Crippen molar-refractivity contribution in [1.29, 1.82) is 0 Å². The molecule has 0 saturated carbocycles. The summed E-state index contributed by atoms with van der Waals surface area (Å²) in [6.07, 6.45) is 6.69. The van der Waals surface area contributed by atoms with Crippen LogP contribution in [-0.2, 0) is 4.79 Å². The summed E-state index contributed by atoms with van der Waals surface area (Å²) in [6.45, 7) is 5.61. The fourth-order valence-electron chi connectivity index (χ4n) is 3.77. The Hall–Kier alpha value is -3.04. The number of tetrazole rings is 1. The number of H-pyrrole nitrogens is 1. The summed E-state index contributed by atoms with van der Waals surface area (Å²) >= 11 is 0. The minimum absolute atomic E-state index is 0.0409. The first kappa shape index (κ1) is 17.4. The number of amides is 2. The Morgan fingerprint density at radius 1 is 1.33 bits per heavy atom. The summed E-state index contributed by atoms with van der Waals surface area (Å²) in [5.74, 6) is 0.255. The molecule has 5 heterocycles. The molecule has 2 aromatic rings. The molecule has 142 valence electrons. The van der Waals surface area contributed by atoms with Crippen molar-refractivity contribution in [2.24, 2.45) is 5.92 Å². The number of aromatic nitrogens is 6. The van der Waals surface area contributed by atoms with Crippen LogP contribution in [0.3, 0.4) is 0 Å². The van der Waals surface area contributed by atoms with E-state index >= 15 is 0 Å². The number of rotatable bonds is 4. The molecule has 0 radical (unpaired) electrons. The SMILES string of the molecule is CC(C)=CCN1C(=O)[C@H]2CC[C@@H]1CN(C(=O)c1cn[nH]c1-n1cnnn1)C2. The number of allylic oxidation sites excluding steroid dienone is 1. The van der Waals surface area contributed by atoms with E-state index in [1.807, 2.05) is 18.7 Å². The Balaban J connectivity index is 1.58. The molecule has 0 aliphatic carbocycles. The first-order valence-electron chi connectivity index (χ1n) is 9.04. The lowest BCUT2D eigenvalue weighted by atomic mass is 9.94. The number of carbonyl (C=O) groups is 2. The molecule has 3 aliphatic heterocycles. The van der Waals surface area contributed by atoms with Crippen LogP contribution in [0.1, 0.15) is 37.0 Å². The van der Waals surface area contributed by atoms with E-state index in [1.54, 1.807) is 4.90 Å². The highest BCUT2D eigenvalue weighted by Crippen LogP contribution is 2.30. The molecule has 0 spiro atoms. The van der Waals surface area contributed by atoms with E-state index < -0.39 is 0 Å². The van der Waals surface area contributed by atoms with Gasteiger partial charge in [0.2, 0.25) is 5.91 Å². The van der Waals surface area contributed by atoms with E-state index in [9.17, 15) is 9.59 Å². The Kier molecular flexibility index (Phi) is 4.46. The molecular formula is C17H22N8O2. The van der Waals surface area contributed by atoms with E-state index in [4.69, 9.17) is 0 Å². The molecule has 3 fully saturated rings. The number of fused-ring (bicyclic) bond motifs is 4. The molecule has 0 unspecified atom stereocenters. The minimum Gasteiger partial charge on any atom is -0.336 e. The number of hydrogen-bond donors (Lipinski definition) is 1. The third-order valence-corrected chi connectivity index (χ3v) is 5.20. The van der Waals surface area contributed by atoms with Gasteiger partial charge in [-0.15, -0.1) is 5.10 Å². The van der Waals surface area contributed by atoms with Gasteiger partial charge >= 0.3 is 0 Å². The van der Waals surface area contributed by atoms with Crippen molar-refractivity contribution >= 4 is 11.8 Å². The molecule has 2 atom stereocenters. The second-order valence-corrected chi connectivity index (χ2v) is 7.30. The van der Waals surface area contributed by atoms with E-state index in [1.165, 1.54) is 22.8 Å². The number of nitrogens with one attached hydrogen (secondary N) is 1. The first-order chi connectivity index (χ1) is 13.0. The molecule has 3 aliphatic rings. The van der Waals surface area contributed by atoms with Gasteiger partial charge in [0.15, 0.2) is 5.82 Å². The molecular weight excluding hydrogens is 348 g/mol. The maximum absolute atomic E-state index is 13.2. The predicted molar refractivity (Wildman–Crippen MR) is 94.9 cm³/mol. The van der Waals surface area contributed by atoms with Crippen molar-refractivity contribution in [1.82, 2.24) is 40.2 Å². The van der Waals surface area contributed by atoms with Crippen LogP contribution in [0, 0.1) is 5.92 Å². The molecule has 27 heavy (non-hydrogen) atoms. The van der Waals surface area contributed by atoms with Crippen molar-refractivity contribution in [3.63, 3.8) is 0 Å². The van der Waals surface area contributed by atoms with Crippen LogP contribution in [0.15, 0.2) is 24.2 Å². The lowest BCUT2D eigenvalue weighted by Gasteiger charge is -2.35. The Labute approximate surface area is 156 Å². The third-order valence-electron chi connectivity index (χ3n) is 5.20. The summed E-state index contributed by atoms with van der Waals surface area (Å²) < 4.78 is 1.37. The van der Waals surface area contributed by atoms with Gasteiger partial charge in [0.1, 0.15) is 11.9 Å². The maximum atomic E-state index is 13.2. The van der Waals surface area contributed by atoms with Crippen molar-refractivity contribution < 1.29 is 9.59 Å². The summed E-state index contributed by atoms with van der Waals surface area (Å²) in [7, 11) is 0. The highest BCUT2D eigenvalue weighted by atomic mass is 16.2. The molecule has 1 N–H and O–H groups in total. The maximum Gasteiger partial charge on any atom is 0.259 e. The van der Waals surface area contributed by atoms with Crippen molar-refractivity contribution in [3.8, 4) is 5.82 Å². The van der Waals surface area contributed by atoms with Gasteiger partial charge in [-0.05, 0) is 37.1 Å². The van der Waals surface area contributed by atoms with Crippen molar-refractivity contribution in [2.75, 3.05) is 19.6 Å². The first-order valence-corrected chi connectivity index (χ1v) is 9.04. The van der Waals surface area contributed by atoms with Crippen LogP contribution in [0.4, 0.5) is 0 Å². The minimum atomic E-state index is -0.164. The fraction of sp³-hybridized carbons (Fsp3) is 0.529. The summed E-state index contributed by atoms with van der Waals surface area (Å²) in [6, 6.07) is 0.0409. The summed E-state index contributed by atoms with van der Waals surface area (Å²) in [5, 5.41) is 17.8. The summed E-state index contributed by atoms with van der Waals surface area (Å²) in [5.41, 5.74) is 1.58. The van der Waals surface area contributed by atoms with Crippen LogP contribution in [0.5, 0.6) is 0 Å². The molecule has 3 saturated heterocycles. The predicted octanol–water partition coefficient (Wildman–Crippen LogP) is 0.415. The molecule has 10 nitrogen and oxygen atoms in total. The van der Waals surface area contributed by atoms with Gasteiger partial charge in [0, 0.05) is 25.7 Å². The highest BCUT2D eigenvalue weighted by Gasteiger charge is 2.42. The van der Waals surface area contributed by atoms with Gasteiger partial charge in [0.05, 0.1) is 12.1 Å².